The zero-order valence-electron chi connectivity index (χ0n) is 19.6. The number of hydrogen-bond donors (Lipinski definition) is 3. The van der Waals surface area contributed by atoms with E-state index in [4.69, 9.17) is 15.2 Å². The summed E-state index contributed by atoms with van der Waals surface area (Å²) in [4.78, 5) is 22.7. The normalized spacial score (nSPS) is 15.9. The van der Waals surface area contributed by atoms with Gasteiger partial charge in [-0.1, -0.05) is 0 Å². The van der Waals surface area contributed by atoms with E-state index in [-0.39, 0.29) is 23.3 Å². The number of nitrogens with one attached hydrogen (secondary N) is 2. The van der Waals surface area contributed by atoms with Crippen LogP contribution >= 0.6 is 0 Å². The molecular weight excluding hydrogens is 477 g/mol. The first-order valence-corrected chi connectivity index (χ1v) is 11.0. The summed E-state index contributed by atoms with van der Waals surface area (Å²) in [7, 11) is 3.57. The minimum absolute atomic E-state index is 0.138. The topological polar surface area (TPSA) is 115 Å². The Morgan fingerprint density at radius 1 is 1.25 bits per heavy atom. The van der Waals surface area contributed by atoms with Crippen LogP contribution in [-0.2, 0) is 15.7 Å². The molecule has 36 heavy (non-hydrogen) atoms. The van der Waals surface area contributed by atoms with Crippen molar-refractivity contribution in [1.29, 1.82) is 0 Å². The van der Waals surface area contributed by atoms with Crippen molar-refractivity contribution in [2.45, 2.75) is 18.7 Å². The number of nitrogen functional groups attached to an aromatic ring is 1. The van der Waals surface area contributed by atoms with Gasteiger partial charge in [-0.2, -0.15) is 13.2 Å². The highest BCUT2D eigenvalue weighted by Gasteiger charge is 2.33. The summed E-state index contributed by atoms with van der Waals surface area (Å²) in [5.41, 5.74) is 5.13. The van der Waals surface area contributed by atoms with Crippen LogP contribution in [0.15, 0.2) is 48.9 Å². The molecule has 1 aromatic heterocycles. The van der Waals surface area contributed by atoms with Gasteiger partial charge in [0, 0.05) is 55.6 Å². The van der Waals surface area contributed by atoms with Crippen LogP contribution in [0.2, 0.25) is 0 Å². The number of alkyl halides is 3. The molecule has 3 aromatic rings. The van der Waals surface area contributed by atoms with E-state index in [0.717, 1.165) is 6.07 Å². The standard InChI is InChI=1S/C24H25F3N6O3/c1-33(2)7-5-22(34)32-20-10-16-19(11-21(20)36-15-6-8-35-12-15)29-13-30-23(16)31-14-3-4-18(28)17(9-14)24(25,26)27/h3-5,7,9-11,13,15H,6,8,12,28H2,1-2H3,(H,32,34)(H,29,30,31)/b7-5+/t15-/m0/s1. The summed E-state index contributed by atoms with van der Waals surface area (Å²) in [6.45, 7) is 0.991. The van der Waals surface area contributed by atoms with Crippen molar-refractivity contribution in [3.05, 3.63) is 54.5 Å². The molecule has 2 aromatic carbocycles. The van der Waals surface area contributed by atoms with E-state index in [1.165, 1.54) is 24.5 Å². The Bertz CT molecular complexity index is 1290. The van der Waals surface area contributed by atoms with Gasteiger partial charge in [0.1, 0.15) is 24.0 Å². The fourth-order valence-electron chi connectivity index (χ4n) is 3.57. The number of carbonyl (C=O) groups excluding carboxylic acids is 1. The molecule has 1 aliphatic rings. The molecule has 12 heteroatoms. The third kappa shape index (κ3) is 5.95. The van der Waals surface area contributed by atoms with Crippen LogP contribution in [0.25, 0.3) is 10.9 Å². The van der Waals surface area contributed by atoms with Gasteiger partial charge in [0.2, 0.25) is 5.91 Å². The number of benzene rings is 2. The predicted octanol–water partition coefficient (Wildman–Crippen LogP) is 4.16. The lowest BCUT2D eigenvalue weighted by Crippen LogP contribution is -2.18. The molecule has 0 radical (unpaired) electrons. The van der Waals surface area contributed by atoms with Gasteiger partial charge in [-0.25, -0.2) is 9.97 Å². The summed E-state index contributed by atoms with van der Waals surface area (Å²) >= 11 is 0. The van der Waals surface area contributed by atoms with Crippen molar-refractivity contribution >= 4 is 39.7 Å². The molecule has 0 aliphatic carbocycles. The number of nitrogens with zero attached hydrogens (tertiary/aromatic N) is 3. The number of nitrogens with two attached hydrogens (primary N) is 1. The minimum atomic E-state index is -4.61. The summed E-state index contributed by atoms with van der Waals surface area (Å²) in [6, 6.07) is 6.77. The number of ether oxygens (including phenoxy) is 2. The average molecular weight is 502 g/mol. The molecule has 0 spiro atoms. The van der Waals surface area contributed by atoms with Crippen molar-refractivity contribution in [3.63, 3.8) is 0 Å². The molecule has 1 aliphatic heterocycles. The summed E-state index contributed by atoms with van der Waals surface area (Å²) < 4.78 is 51.4. The van der Waals surface area contributed by atoms with Gasteiger partial charge >= 0.3 is 6.18 Å². The molecular formula is C24H25F3N6O3. The highest BCUT2D eigenvalue weighted by atomic mass is 19.4. The second kappa shape index (κ2) is 10.3. The van der Waals surface area contributed by atoms with E-state index in [1.54, 1.807) is 37.3 Å². The van der Waals surface area contributed by atoms with Crippen LogP contribution in [0.1, 0.15) is 12.0 Å². The molecule has 2 heterocycles. The Kier molecular flexibility index (Phi) is 7.15. The van der Waals surface area contributed by atoms with E-state index in [9.17, 15) is 18.0 Å². The van der Waals surface area contributed by atoms with Gasteiger partial charge in [-0.3, -0.25) is 4.79 Å². The SMILES string of the molecule is CN(C)/C=C/C(=O)Nc1cc2c(Nc3ccc(N)c(C(F)(F)F)c3)ncnc2cc1O[C@H]1CCOC1. The van der Waals surface area contributed by atoms with Gasteiger partial charge in [0.05, 0.1) is 30.0 Å². The molecule has 1 amide bonds. The maximum Gasteiger partial charge on any atom is 0.418 e. The maximum absolute atomic E-state index is 13.3. The largest absolute Gasteiger partial charge is 0.486 e. The molecule has 0 saturated carbocycles. The van der Waals surface area contributed by atoms with Crippen LogP contribution in [0.3, 0.4) is 0 Å². The van der Waals surface area contributed by atoms with Gasteiger partial charge in [-0.05, 0) is 24.3 Å². The van der Waals surface area contributed by atoms with Crippen LogP contribution < -0.4 is 21.1 Å². The molecule has 1 atom stereocenters. The molecule has 190 valence electrons. The van der Waals surface area contributed by atoms with Gasteiger partial charge in [0.15, 0.2) is 0 Å². The molecule has 0 bridgehead atoms. The van der Waals surface area contributed by atoms with E-state index in [2.05, 4.69) is 20.6 Å². The van der Waals surface area contributed by atoms with E-state index >= 15 is 0 Å². The number of hydrogen-bond acceptors (Lipinski definition) is 8. The van der Waals surface area contributed by atoms with Crippen LogP contribution in [0.4, 0.5) is 36.1 Å². The van der Waals surface area contributed by atoms with Gasteiger partial charge < -0.3 is 30.7 Å². The molecule has 4 rings (SSSR count). The average Bonchev–Trinajstić information content (AvgIpc) is 3.32. The lowest BCUT2D eigenvalue weighted by Gasteiger charge is -2.18. The molecule has 1 saturated heterocycles. The Balaban J connectivity index is 1.72. The highest BCUT2D eigenvalue weighted by molar-refractivity contribution is 6.03. The lowest BCUT2D eigenvalue weighted by molar-refractivity contribution is -0.136. The zero-order chi connectivity index (χ0) is 25.9. The van der Waals surface area contributed by atoms with E-state index in [0.29, 0.717) is 42.0 Å². The second-order valence-electron chi connectivity index (χ2n) is 8.38. The lowest BCUT2D eigenvalue weighted by atomic mass is 10.1. The quantitative estimate of drug-likeness (QED) is 0.326. The van der Waals surface area contributed by atoms with E-state index < -0.39 is 17.6 Å². The minimum Gasteiger partial charge on any atom is -0.486 e. The van der Waals surface area contributed by atoms with Gasteiger partial charge in [-0.15, -0.1) is 0 Å². The number of halogens is 3. The van der Waals surface area contributed by atoms with Crippen LogP contribution in [0.5, 0.6) is 5.75 Å². The third-order valence-electron chi connectivity index (χ3n) is 5.32. The highest BCUT2D eigenvalue weighted by Crippen LogP contribution is 2.37. The fourth-order valence-corrected chi connectivity index (χ4v) is 3.57. The van der Waals surface area contributed by atoms with E-state index in [1.807, 2.05) is 0 Å². The number of anilines is 4. The first kappa shape index (κ1) is 25.0. The number of fused-ring (bicyclic) bond motifs is 1. The first-order chi connectivity index (χ1) is 17.1. The Morgan fingerprint density at radius 3 is 2.75 bits per heavy atom. The first-order valence-electron chi connectivity index (χ1n) is 11.0. The molecule has 1 fully saturated rings. The van der Waals surface area contributed by atoms with Gasteiger partial charge in [0.25, 0.3) is 0 Å². The Morgan fingerprint density at radius 2 is 2.06 bits per heavy atom. The third-order valence-corrected chi connectivity index (χ3v) is 5.32. The molecule has 0 unspecified atom stereocenters. The summed E-state index contributed by atoms with van der Waals surface area (Å²) in [5, 5.41) is 6.15. The van der Waals surface area contributed by atoms with Crippen molar-refractivity contribution in [1.82, 2.24) is 14.9 Å². The predicted molar refractivity (Wildman–Crippen MR) is 130 cm³/mol. The monoisotopic (exact) mass is 502 g/mol. The number of amides is 1. The Labute approximate surface area is 205 Å². The van der Waals surface area contributed by atoms with Crippen molar-refractivity contribution in [3.8, 4) is 5.75 Å². The molecule has 4 N–H and O–H groups in total. The van der Waals surface area contributed by atoms with Crippen molar-refractivity contribution in [2.24, 2.45) is 0 Å². The Hall–Kier alpha value is -4.06. The van der Waals surface area contributed by atoms with Crippen LogP contribution in [0, 0.1) is 0 Å². The summed E-state index contributed by atoms with van der Waals surface area (Å²) in [6.07, 6.45) is 0.139. The fraction of sp³-hybridized carbons (Fsp3) is 0.292. The molecule has 9 nitrogen and oxygen atoms in total. The summed E-state index contributed by atoms with van der Waals surface area (Å²) in [5.74, 6) is 0.240. The van der Waals surface area contributed by atoms with Crippen molar-refractivity contribution < 1.29 is 27.4 Å². The maximum atomic E-state index is 13.3. The smallest absolute Gasteiger partial charge is 0.418 e. The zero-order valence-corrected chi connectivity index (χ0v) is 19.6. The van der Waals surface area contributed by atoms with Crippen LogP contribution in [-0.4, -0.2) is 54.2 Å². The number of rotatable bonds is 7. The second-order valence-corrected chi connectivity index (χ2v) is 8.38. The number of aromatic nitrogens is 2. The van der Waals surface area contributed by atoms with Crippen molar-refractivity contribution in [2.75, 3.05) is 43.7 Å². The number of carbonyl (C=O) groups is 1.